The number of carbonyl (C=O) groups is 1. The lowest BCUT2D eigenvalue weighted by atomic mass is 10.1. The Morgan fingerprint density at radius 3 is 2.50 bits per heavy atom. The Balaban J connectivity index is 2.37. The van der Waals surface area contributed by atoms with Gasteiger partial charge in [-0.25, -0.2) is 4.79 Å². The molecule has 1 aliphatic heterocycles. The van der Waals surface area contributed by atoms with Gasteiger partial charge < -0.3 is 15.6 Å². The predicted molar refractivity (Wildman–Crippen MR) is 25.4 cm³/mol. The number of hydrogen-bond acceptors (Lipinski definition) is 3. The van der Waals surface area contributed by atoms with Crippen molar-refractivity contribution in [1.29, 1.82) is 0 Å². The summed E-state index contributed by atoms with van der Waals surface area (Å²) in [7, 11) is 0. The summed E-state index contributed by atoms with van der Waals surface area (Å²) < 4.78 is 4.58. The molecule has 8 heavy (non-hydrogen) atoms. The molecule has 1 heterocycles. The van der Waals surface area contributed by atoms with E-state index in [0.717, 1.165) is 0 Å². The van der Waals surface area contributed by atoms with Gasteiger partial charge in [-0.1, -0.05) is 0 Å². The molecular weight excluding hydrogens is 110 g/mol. The van der Waals surface area contributed by atoms with Crippen LogP contribution in [0.1, 0.15) is 0 Å². The maximum atomic E-state index is 9.99. The van der Waals surface area contributed by atoms with Gasteiger partial charge in [-0.05, 0) is 0 Å². The smallest absolute Gasteiger partial charge is 0.334 e. The molecule has 4 heteroatoms. The van der Waals surface area contributed by atoms with Crippen LogP contribution < -0.4 is 5.73 Å². The van der Waals surface area contributed by atoms with Crippen LogP contribution in [0.25, 0.3) is 0 Å². The molecular formula is C4H7NO3. The Hall–Kier alpha value is -0.610. The van der Waals surface area contributed by atoms with Gasteiger partial charge in [0.1, 0.15) is 0 Å². The molecule has 0 aliphatic carbocycles. The van der Waals surface area contributed by atoms with E-state index in [0.29, 0.717) is 6.61 Å². The summed E-state index contributed by atoms with van der Waals surface area (Å²) in [5, 5.41) is 8.20. The zero-order valence-corrected chi connectivity index (χ0v) is 4.20. The summed E-state index contributed by atoms with van der Waals surface area (Å²) in [6, 6.07) is -0.299. The summed E-state index contributed by atoms with van der Waals surface area (Å²) in [6.45, 7) is 0.372. The van der Waals surface area contributed by atoms with Crippen LogP contribution in [0.5, 0.6) is 0 Å². The molecule has 46 valence electrons. The highest BCUT2D eigenvalue weighted by molar-refractivity contribution is 5.74. The fourth-order valence-corrected chi connectivity index (χ4v) is 0.558. The number of nitrogens with two attached hydrogens (primary N) is 1. The molecule has 1 rings (SSSR count). The quantitative estimate of drug-likeness (QED) is 0.452. The zero-order valence-electron chi connectivity index (χ0n) is 4.20. The summed E-state index contributed by atoms with van der Waals surface area (Å²) in [5.74, 6) is -0.969. The van der Waals surface area contributed by atoms with E-state index in [9.17, 15) is 4.79 Å². The minimum Gasteiger partial charge on any atom is -0.479 e. The van der Waals surface area contributed by atoms with E-state index in [1.807, 2.05) is 0 Å². The molecule has 0 radical (unpaired) electrons. The molecule has 0 bridgehead atoms. The number of rotatable bonds is 1. The number of hydrogen-bond donors (Lipinski definition) is 2. The maximum absolute atomic E-state index is 9.99. The Kier molecular flexibility index (Phi) is 1.19. The molecule has 1 aliphatic rings. The largest absolute Gasteiger partial charge is 0.479 e. The molecule has 0 aromatic heterocycles. The van der Waals surface area contributed by atoms with E-state index < -0.39 is 12.1 Å². The third-order valence-corrected chi connectivity index (χ3v) is 1.10. The van der Waals surface area contributed by atoms with E-state index in [1.54, 1.807) is 0 Å². The van der Waals surface area contributed by atoms with Crippen LogP contribution in [0.2, 0.25) is 0 Å². The van der Waals surface area contributed by atoms with Crippen molar-refractivity contribution in [2.24, 2.45) is 5.73 Å². The van der Waals surface area contributed by atoms with Crippen molar-refractivity contribution in [2.45, 2.75) is 12.1 Å². The average molecular weight is 117 g/mol. The van der Waals surface area contributed by atoms with Crippen molar-refractivity contribution in [3.05, 3.63) is 0 Å². The maximum Gasteiger partial charge on any atom is 0.334 e. The molecule has 1 fully saturated rings. The van der Waals surface area contributed by atoms with Crippen LogP contribution in [-0.4, -0.2) is 29.8 Å². The monoisotopic (exact) mass is 117 g/mol. The number of carboxylic acid groups (broad SMARTS) is 1. The Morgan fingerprint density at radius 2 is 2.50 bits per heavy atom. The number of ether oxygens (including phenoxy) is 1. The summed E-state index contributed by atoms with van der Waals surface area (Å²) >= 11 is 0. The summed E-state index contributed by atoms with van der Waals surface area (Å²) in [6.07, 6.45) is -0.755. The van der Waals surface area contributed by atoms with Crippen molar-refractivity contribution >= 4 is 5.97 Å². The molecule has 3 N–H and O–H groups in total. The first-order chi connectivity index (χ1) is 3.72. The van der Waals surface area contributed by atoms with Gasteiger partial charge >= 0.3 is 5.97 Å². The van der Waals surface area contributed by atoms with Crippen LogP contribution in [-0.2, 0) is 9.53 Å². The number of carboxylic acids is 1. The highest BCUT2D eigenvalue weighted by Gasteiger charge is 2.34. The van der Waals surface area contributed by atoms with Gasteiger partial charge in [-0.2, -0.15) is 0 Å². The van der Waals surface area contributed by atoms with Crippen LogP contribution in [0, 0.1) is 0 Å². The standard InChI is InChI=1S/C4H7NO3/c5-2-1-8-3(2)4(6)7/h2-3H,1,5H2,(H,6,7)/t2-,3-/m0/s1. The zero-order chi connectivity index (χ0) is 6.15. The molecule has 0 amide bonds. The lowest BCUT2D eigenvalue weighted by molar-refractivity contribution is -0.166. The van der Waals surface area contributed by atoms with Crippen LogP contribution in [0.3, 0.4) is 0 Å². The lowest BCUT2D eigenvalue weighted by Gasteiger charge is -2.29. The van der Waals surface area contributed by atoms with Crippen molar-refractivity contribution in [2.75, 3.05) is 6.61 Å². The van der Waals surface area contributed by atoms with Crippen molar-refractivity contribution in [3.63, 3.8) is 0 Å². The highest BCUT2D eigenvalue weighted by atomic mass is 16.5. The molecule has 2 atom stereocenters. The van der Waals surface area contributed by atoms with E-state index >= 15 is 0 Å². The van der Waals surface area contributed by atoms with E-state index in [4.69, 9.17) is 10.8 Å². The first kappa shape index (κ1) is 5.53. The first-order valence-electron chi connectivity index (χ1n) is 2.32. The minimum absolute atomic E-state index is 0.299. The van der Waals surface area contributed by atoms with Crippen molar-refractivity contribution in [1.82, 2.24) is 0 Å². The minimum atomic E-state index is -0.969. The van der Waals surface area contributed by atoms with Crippen LogP contribution in [0.4, 0.5) is 0 Å². The van der Waals surface area contributed by atoms with Gasteiger partial charge in [0, 0.05) is 0 Å². The predicted octanol–water partition coefficient (Wildman–Crippen LogP) is -1.20. The summed E-state index contributed by atoms with van der Waals surface area (Å²) in [4.78, 5) is 9.99. The van der Waals surface area contributed by atoms with Gasteiger partial charge in [-0.15, -0.1) is 0 Å². The Bertz CT molecular complexity index is 114. The normalized spacial score (nSPS) is 36.1. The third kappa shape index (κ3) is 0.677. The number of aliphatic carboxylic acids is 1. The van der Waals surface area contributed by atoms with Crippen LogP contribution in [0.15, 0.2) is 0 Å². The van der Waals surface area contributed by atoms with Gasteiger partial charge in [0.05, 0.1) is 12.6 Å². The van der Waals surface area contributed by atoms with Gasteiger partial charge in [0.15, 0.2) is 6.10 Å². The Labute approximate surface area is 46.2 Å². The third-order valence-electron chi connectivity index (χ3n) is 1.10. The van der Waals surface area contributed by atoms with Crippen molar-refractivity contribution in [3.8, 4) is 0 Å². The van der Waals surface area contributed by atoms with E-state index in [-0.39, 0.29) is 6.04 Å². The molecule has 1 saturated heterocycles. The second kappa shape index (κ2) is 1.72. The van der Waals surface area contributed by atoms with E-state index in [1.165, 1.54) is 0 Å². The molecule has 4 nitrogen and oxygen atoms in total. The SMILES string of the molecule is N[C@H]1CO[C@@H]1C(=O)O. The second-order valence-corrected chi connectivity index (χ2v) is 1.76. The molecule has 0 spiro atoms. The summed E-state index contributed by atoms with van der Waals surface area (Å²) in [5.41, 5.74) is 5.22. The second-order valence-electron chi connectivity index (χ2n) is 1.76. The lowest BCUT2D eigenvalue weighted by Crippen LogP contribution is -2.55. The molecule has 0 saturated carbocycles. The van der Waals surface area contributed by atoms with Crippen molar-refractivity contribution < 1.29 is 14.6 Å². The average Bonchev–Trinajstić information content (AvgIpc) is 1.61. The topological polar surface area (TPSA) is 72.5 Å². The van der Waals surface area contributed by atoms with Gasteiger partial charge in [-0.3, -0.25) is 0 Å². The molecule has 0 aromatic rings. The molecule has 0 aromatic carbocycles. The fraction of sp³-hybridized carbons (Fsp3) is 0.750. The van der Waals surface area contributed by atoms with Gasteiger partial charge in [0.2, 0.25) is 0 Å². The van der Waals surface area contributed by atoms with Crippen LogP contribution >= 0.6 is 0 Å². The fourth-order valence-electron chi connectivity index (χ4n) is 0.558. The highest BCUT2D eigenvalue weighted by Crippen LogP contribution is 2.08. The van der Waals surface area contributed by atoms with E-state index in [2.05, 4.69) is 4.74 Å². The molecule has 0 unspecified atom stereocenters. The van der Waals surface area contributed by atoms with Gasteiger partial charge in [0.25, 0.3) is 0 Å². The first-order valence-corrected chi connectivity index (χ1v) is 2.32. The Morgan fingerprint density at radius 1 is 1.88 bits per heavy atom.